The topological polar surface area (TPSA) is 104 Å². The van der Waals surface area contributed by atoms with Crippen molar-refractivity contribution in [3.8, 4) is 0 Å². The number of aryl methyl sites for hydroxylation is 1. The van der Waals surface area contributed by atoms with E-state index in [0.29, 0.717) is 12.0 Å². The summed E-state index contributed by atoms with van der Waals surface area (Å²) in [6.45, 7) is 1.89. The summed E-state index contributed by atoms with van der Waals surface area (Å²) in [5, 5.41) is 19.9. The number of hydrogen-bond donors (Lipinski definition) is 3. The van der Waals surface area contributed by atoms with Crippen molar-refractivity contribution in [3.63, 3.8) is 0 Å². The van der Waals surface area contributed by atoms with Crippen molar-refractivity contribution in [2.24, 2.45) is 0 Å². The molecule has 6 nitrogen and oxygen atoms in total. The summed E-state index contributed by atoms with van der Waals surface area (Å²) < 4.78 is 0. The highest BCUT2D eigenvalue weighted by molar-refractivity contribution is 5.97. The lowest BCUT2D eigenvalue weighted by Crippen LogP contribution is -2.41. The molecule has 0 radical (unpaired) electrons. The van der Waals surface area contributed by atoms with Gasteiger partial charge in [0.15, 0.2) is 0 Å². The molecular weight excluding hydrogens is 262 g/mol. The van der Waals surface area contributed by atoms with Gasteiger partial charge in [0.2, 0.25) is 0 Å². The van der Waals surface area contributed by atoms with Crippen LogP contribution < -0.4 is 5.32 Å². The minimum Gasteiger partial charge on any atom is -0.481 e. The van der Waals surface area contributed by atoms with Crippen LogP contribution in [0.5, 0.6) is 0 Å². The van der Waals surface area contributed by atoms with Gasteiger partial charge in [-0.25, -0.2) is 4.79 Å². The SMILES string of the molecule is CCc1ccccc1C(=O)N[C@@H](CCC(=O)O)C(=O)O. The molecule has 1 rings (SSSR count). The van der Waals surface area contributed by atoms with Gasteiger partial charge in [-0.05, 0) is 24.5 Å². The third-order valence-electron chi connectivity index (χ3n) is 2.89. The van der Waals surface area contributed by atoms with E-state index in [9.17, 15) is 14.4 Å². The Hall–Kier alpha value is -2.37. The maximum absolute atomic E-state index is 12.1. The second-order valence-electron chi connectivity index (χ2n) is 4.31. The van der Waals surface area contributed by atoms with Crippen molar-refractivity contribution in [2.75, 3.05) is 0 Å². The number of carboxylic acid groups (broad SMARTS) is 2. The van der Waals surface area contributed by atoms with Crippen LogP contribution >= 0.6 is 0 Å². The van der Waals surface area contributed by atoms with E-state index in [0.717, 1.165) is 5.56 Å². The van der Waals surface area contributed by atoms with E-state index in [1.54, 1.807) is 24.3 Å². The van der Waals surface area contributed by atoms with Crippen molar-refractivity contribution in [2.45, 2.75) is 32.2 Å². The Labute approximate surface area is 116 Å². The highest BCUT2D eigenvalue weighted by atomic mass is 16.4. The Balaban J connectivity index is 2.80. The number of aliphatic carboxylic acids is 2. The van der Waals surface area contributed by atoms with Crippen LogP contribution in [-0.2, 0) is 16.0 Å². The maximum atomic E-state index is 12.1. The van der Waals surface area contributed by atoms with Crippen molar-refractivity contribution in [3.05, 3.63) is 35.4 Å². The van der Waals surface area contributed by atoms with E-state index in [2.05, 4.69) is 5.32 Å². The number of carbonyl (C=O) groups is 3. The van der Waals surface area contributed by atoms with Crippen LogP contribution in [-0.4, -0.2) is 34.1 Å². The van der Waals surface area contributed by atoms with Crippen LogP contribution in [0.4, 0.5) is 0 Å². The number of nitrogens with one attached hydrogen (secondary N) is 1. The molecule has 3 N–H and O–H groups in total. The number of amides is 1. The van der Waals surface area contributed by atoms with Crippen LogP contribution in [0.3, 0.4) is 0 Å². The Morgan fingerprint density at radius 1 is 1.20 bits per heavy atom. The molecule has 1 aromatic carbocycles. The van der Waals surface area contributed by atoms with E-state index in [1.165, 1.54) is 0 Å². The molecule has 0 saturated carbocycles. The summed E-state index contributed by atoms with van der Waals surface area (Å²) in [6, 6.07) is 5.70. The van der Waals surface area contributed by atoms with E-state index >= 15 is 0 Å². The molecule has 0 aromatic heterocycles. The van der Waals surface area contributed by atoms with Crippen LogP contribution in [0.2, 0.25) is 0 Å². The Morgan fingerprint density at radius 2 is 1.85 bits per heavy atom. The average Bonchev–Trinajstić information content (AvgIpc) is 2.42. The third kappa shape index (κ3) is 4.38. The van der Waals surface area contributed by atoms with Gasteiger partial charge in [0.1, 0.15) is 6.04 Å². The molecule has 1 atom stereocenters. The zero-order valence-corrected chi connectivity index (χ0v) is 11.1. The summed E-state index contributed by atoms with van der Waals surface area (Å²) in [5.74, 6) is -2.84. The normalized spacial score (nSPS) is 11.7. The van der Waals surface area contributed by atoms with Crippen molar-refractivity contribution in [1.29, 1.82) is 0 Å². The van der Waals surface area contributed by atoms with Crippen LogP contribution in [0.1, 0.15) is 35.7 Å². The van der Waals surface area contributed by atoms with E-state index in [-0.39, 0.29) is 12.8 Å². The molecule has 0 fully saturated rings. The fraction of sp³-hybridized carbons (Fsp3) is 0.357. The molecule has 0 aliphatic rings. The number of carbonyl (C=O) groups excluding carboxylic acids is 1. The van der Waals surface area contributed by atoms with Crippen LogP contribution in [0, 0.1) is 0 Å². The maximum Gasteiger partial charge on any atom is 0.326 e. The zero-order valence-electron chi connectivity index (χ0n) is 11.1. The van der Waals surface area contributed by atoms with Gasteiger partial charge in [0, 0.05) is 12.0 Å². The average molecular weight is 279 g/mol. The van der Waals surface area contributed by atoms with Crippen molar-refractivity contribution < 1.29 is 24.6 Å². The summed E-state index contributed by atoms with van der Waals surface area (Å²) in [4.78, 5) is 33.6. The van der Waals surface area contributed by atoms with E-state index in [4.69, 9.17) is 10.2 Å². The number of benzene rings is 1. The first kappa shape index (κ1) is 15.7. The third-order valence-corrected chi connectivity index (χ3v) is 2.89. The van der Waals surface area contributed by atoms with E-state index in [1.807, 2.05) is 6.92 Å². The second kappa shape index (κ2) is 7.28. The van der Waals surface area contributed by atoms with Crippen LogP contribution in [0.15, 0.2) is 24.3 Å². The number of rotatable bonds is 7. The fourth-order valence-electron chi connectivity index (χ4n) is 1.81. The molecule has 108 valence electrons. The molecule has 0 unspecified atom stereocenters. The Morgan fingerprint density at radius 3 is 2.40 bits per heavy atom. The molecule has 0 aliphatic heterocycles. The van der Waals surface area contributed by atoms with Gasteiger partial charge in [0.25, 0.3) is 5.91 Å². The summed E-state index contributed by atoms with van der Waals surface area (Å²) in [7, 11) is 0. The van der Waals surface area contributed by atoms with E-state index < -0.39 is 23.9 Å². The summed E-state index contributed by atoms with van der Waals surface area (Å²) in [6.07, 6.45) is 0.188. The first-order valence-corrected chi connectivity index (χ1v) is 6.29. The summed E-state index contributed by atoms with van der Waals surface area (Å²) in [5.41, 5.74) is 1.23. The molecule has 0 aliphatic carbocycles. The van der Waals surface area contributed by atoms with Gasteiger partial charge in [-0.2, -0.15) is 0 Å². The van der Waals surface area contributed by atoms with Crippen LogP contribution in [0.25, 0.3) is 0 Å². The van der Waals surface area contributed by atoms with Gasteiger partial charge in [-0.3, -0.25) is 9.59 Å². The lowest BCUT2D eigenvalue weighted by molar-refractivity contribution is -0.140. The number of hydrogen-bond acceptors (Lipinski definition) is 3. The van der Waals surface area contributed by atoms with Gasteiger partial charge < -0.3 is 15.5 Å². The van der Waals surface area contributed by atoms with Gasteiger partial charge in [-0.15, -0.1) is 0 Å². The lowest BCUT2D eigenvalue weighted by atomic mass is 10.0. The highest BCUT2D eigenvalue weighted by Crippen LogP contribution is 2.10. The smallest absolute Gasteiger partial charge is 0.326 e. The second-order valence-corrected chi connectivity index (χ2v) is 4.31. The molecule has 20 heavy (non-hydrogen) atoms. The monoisotopic (exact) mass is 279 g/mol. The Kier molecular flexibility index (Phi) is 5.71. The standard InChI is InChI=1S/C14H17NO5/c1-2-9-5-3-4-6-10(9)13(18)15-11(14(19)20)7-8-12(16)17/h3-6,11H,2,7-8H2,1H3,(H,15,18)(H,16,17)(H,19,20)/t11-/m0/s1. The molecule has 0 spiro atoms. The molecule has 6 heteroatoms. The minimum absolute atomic E-state index is 0.148. The zero-order chi connectivity index (χ0) is 15.1. The molecular formula is C14H17NO5. The largest absolute Gasteiger partial charge is 0.481 e. The predicted molar refractivity (Wildman–Crippen MR) is 71.6 cm³/mol. The molecule has 1 aromatic rings. The van der Waals surface area contributed by atoms with Gasteiger partial charge >= 0.3 is 11.9 Å². The molecule has 0 saturated heterocycles. The Bertz CT molecular complexity index is 512. The van der Waals surface area contributed by atoms with Gasteiger partial charge in [0.05, 0.1) is 0 Å². The van der Waals surface area contributed by atoms with Gasteiger partial charge in [-0.1, -0.05) is 25.1 Å². The quantitative estimate of drug-likeness (QED) is 0.698. The summed E-state index contributed by atoms with van der Waals surface area (Å²) >= 11 is 0. The molecule has 0 heterocycles. The van der Waals surface area contributed by atoms with Crippen molar-refractivity contribution >= 4 is 17.8 Å². The fourth-order valence-corrected chi connectivity index (χ4v) is 1.81. The first-order valence-electron chi connectivity index (χ1n) is 6.29. The highest BCUT2D eigenvalue weighted by Gasteiger charge is 2.22. The number of carboxylic acids is 2. The molecule has 0 bridgehead atoms. The molecule has 1 amide bonds. The van der Waals surface area contributed by atoms with Crippen molar-refractivity contribution in [1.82, 2.24) is 5.32 Å². The minimum atomic E-state index is -1.24. The first-order chi connectivity index (χ1) is 9.45. The lowest BCUT2D eigenvalue weighted by Gasteiger charge is -2.15. The predicted octanol–water partition coefficient (Wildman–Crippen LogP) is 1.30.